The molecule has 0 atom stereocenters. The molecule has 0 saturated carbocycles. The zero-order chi connectivity index (χ0) is 14.6. The number of amides is 1. The molecule has 0 aromatic heterocycles. The minimum absolute atomic E-state index is 0.0213. The van der Waals surface area contributed by atoms with Crippen LogP contribution < -0.4 is 5.32 Å². The third-order valence-corrected chi connectivity index (χ3v) is 2.90. The van der Waals surface area contributed by atoms with Crippen LogP contribution in [0, 0.1) is 6.92 Å². The average molecular weight is 274 g/mol. The summed E-state index contributed by atoms with van der Waals surface area (Å²) in [5.41, 5.74) is 0.268. The largest absolute Gasteiger partial charge is 0.416 e. The molecule has 0 radical (unpaired) electrons. The highest BCUT2D eigenvalue weighted by molar-refractivity contribution is 5.80. The van der Waals surface area contributed by atoms with Gasteiger partial charge in [-0.1, -0.05) is 6.07 Å². The number of carbonyl (C=O) groups excluding carboxylic acids is 1. The lowest BCUT2D eigenvalue weighted by atomic mass is 10.1. The molecular weight excluding hydrogens is 257 g/mol. The van der Waals surface area contributed by atoms with Crippen LogP contribution in [0.15, 0.2) is 18.2 Å². The number of likely N-dealkylation sites (N-methyl/N-ethyl adjacent to an activating group) is 1. The Morgan fingerprint density at radius 2 is 2.00 bits per heavy atom. The fourth-order valence-corrected chi connectivity index (χ4v) is 1.47. The molecule has 0 unspecified atom stereocenters. The second kappa shape index (κ2) is 5.95. The van der Waals surface area contributed by atoms with Crippen molar-refractivity contribution in [1.29, 1.82) is 0 Å². The lowest BCUT2D eigenvalue weighted by Crippen LogP contribution is -2.32. The maximum Gasteiger partial charge on any atom is 0.416 e. The first kappa shape index (κ1) is 15.3. The summed E-state index contributed by atoms with van der Waals surface area (Å²) in [5, 5.41) is 2.75. The Balaban J connectivity index is 2.81. The highest BCUT2D eigenvalue weighted by Crippen LogP contribution is 2.31. The second-order valence-corrected chi connectivity index (χ2v) is 4.29. The third-order valence-electron chi connectivity index (χ3n) is 2.90. The summed E-state index contributed by atoms with van der Waals surface area (Å²) in [6, 6.07) is 3.44. The van der Waals surface area contributed by atoms with E-state index in [4.69, 9.17) is 0 Å². The van der Waals surface area contributed by atoms with Crippen LogP contribution in [0.25, 0.3) is 0 Å². The molecule has 1 aromatic rings. The van der Waals surface area contributed by atoms with E-state index in [0.29, 0.717) is 17.8 Å². The van der Waals surface area contributed by atoms with Crippen LogP contribution in [-0.4, -0.2) is 30.9 Å². The van der Waals surface area contributed by atoms with Crippen LogP contribution in [-0.2, 0) is 11.0 Å². The van der Waals surface area contributed by atoms with E-state index in [2.05, 4.69) is 5.32 Å². The molecular formula is C13H17F3N2O. The molecule has 0 heterocycles. The first-order chi connectivity index (χ1) is 8.75. The molecule has 0 aliphatic heterocycles. The molecule has 0 saturated heterocycles. The van der Waals surface area contributed by atoms with Gasteiger partial charge in [0.25, 0.3) is 0 Å². The number of anilines is 1. The van der Waals surface area contributed by atoms with E-state index in [0.717, 1.165) is 12.1 Å². The van der Waals surface area contributed by atoms with Crippen molar-refractivity contribution < 1.29 is 18.0 Å². The summed E-state index contributed by atoms with van der Waals surface area (Å²) in [5.74, 6) is -0.167. The van der Waals surface area contributed by atoms with Gasteiger partial charge in [0.05, 0.1) is 12.1 Å². The van der Waals surface area contributed by atoms with Gasteiger partial charge in [0, 0.05) is 19.3 Å². The normalized spacial score (nSPS) is 11.3. The quantitative estimate of drug-likeness (QED) is 0.915. The zero-order valence-corrected chi connectivity index (χ0v) is 11.1. The van der Waals surface area contributed by atoms with Crippen LogP contribution >= 0.6 is 0 Å². The predicted molar refractivity (Wildman–Crippen MR) is 68.0 cm³/mol. The van der Waals surface area contributed by atoms with Crippen LogP contribution in [0.4, 0.5) is 18.9 Å². The van der Waals surface area contributed by atoms with Gasteiger partial charge in [0.15, 0.2) is 0 Å². The third kappa shape index (κ3) is 4.15. The predicted octanol–water partition coefficient (Wildman–Crippen LogP) is 2.90. The molecule has 0 bridgehead atoms. The van der Waals surface area contributed by atoms with Crippen molar-refractivity contribution in [3.8, 4) is 0 Å². The number of nitrogens with zero attached hydrogens (tertiary/aromatic N) is 1. The van der Waals surface area contributed by atoms with Gasteiger partial charge in [-0.05, 0) is 31.5 Å². The Morgan fingerprint density at radius 1 is 1.37 bits per heavy atom. The van der Waals surface area contributed by atoms with E-state index in [1.807, 2.05) is 6.92 Å². The highest BCUT2D eigenvalue weighted by atomic mass is 19.4. The van der Waals surface area contributed by atoms with Gasteiger partial charge >= 0.3 is 6.18 Å². The molecule has 0 aliphatic rings. The maximum absolute atomic E-state index is 12.6. The van der Waals surface area contributed by atoms with Crippen molar-refractivity contribution in [2.24, 2.45) is 0 Å². The van der Waals surface area contributed by atoms with E-state index >= 15 is 0 Å². The van der Waals surface area contributed by atoms with Crippen LogP contribution in [0.5, 0.6) is 0 Å². The summed E-state index contributed by atoms with van der Waals surface area (Å²) in [7, 11) is 1.64. The number of aryl methyl sites for hydroxylation is 1. The number of hydrogen-bond donors (Lipinski definition) is 1. The van der Waals surface area contributed by atoms with Crippen LogP contribution in [0.2, 0.25) is 0 Å². The minimum atomic E-state index is -4.38. The van der Waals surface area contributed by atoms with Gasteiger partial charge in [-0.3, -0.25) is 4.79 Å². The van der Waals surface area contributed by atoms with Crippen molar-refractivity contribution in [1.82, 2.24) is 4.90 Å². The van der Waals surface area contributed by atoms with E-state index in [-0.39, 0.29) is 12.5 Å². The topological polar surface area (TPSA) is 32.3 Å². The SMILES string of the molecule is CCN(C)C(=O)CNc1cc(C(F)(F)F)ccc1C. The molecule has 0 aliphatic carbocycles. The molecule has 1 amide bonds. The number of hydrogen-bond acceptors (Lipinski definition) is 2. The molecule has 0 spiro atoms. The first-order valence-corrected chi connectivity index (χ1v) is 5.91. The number of benzene rings is 1. The number of halogens is 3. The fraction of sp³-hybridized carbons (Fsp3) is 0.462. The average Bonchev–Trinajstić information content (AvgIpc) is 2.35. The molecule has 3 nitrogen and oxygen atoms in total. The van der Waals surface area contributed by atoms with Crippen molar-refractivity contribution >= 4 is 11.6 Å². The van der Waals surface area contributed by atoms with Gasteiger partial charge in [0.2, 0.25) is 5.91 Å². The standard InChI is InChI=1S/C13H17F3N2O/c1-4-18(3)12(19)8-17-11-7-10(13(14,15)16)6-5-9(11)2/h5-7,17H,4,8H2,1-3H3. The van der Waals surface area contributed by atoms with E-state index < -0.39 is 11.7 Å². The molecule has 1 rings (SSSR count). The monoisotopic (exact) mass is 274 g/mol. The Kier molecular flexibility index (Phi) is 4.80. The minimum Gasteiger partial charge on any atom is -0.376 e. The molecule has 1 aromatic carbocycles. The molecule has 1 N–H and O–H groups in total. The van der Waals surface area contributed by atoms with Crippen molar-refractivity contribution in [3.63, 3.8) is 0 Å². The van der Waals surface area contributed by atoms with Gasteiger partial charge in [-0.15, -0.1) is 0 Å². The number of alkyl halides is 3. The second-order valence-electron chi connectivity index (χ2n) is 4.29. The van der Waals surface area contributed by atoms with Crippen molar-refractivity contribution in [3.05, 3.63) is 29.3 Å². The van der Waals surface area contributed by atoms with Gasteiger partial charge in [-0.25, -0.2) is 0 Å². The molecule has 106 valence electrons. The van der Waals surface area contributed by atoms with Gasteiger partial charge in [0.1, 0.15) is 0 Å². The number of carbonyl (C=O) groups is 1. The Labute approximate surface area is 110 Å². The smallest absolute Gasteiger partial charge is 0.376 e. The summed E-state index contributed by atoms with van der Waals surface area (Å²) >= 11 is 0. The lowest BCUT2D eigenvalue weighted by Gasteiger charge is -2.17. The summed E-state index contributed by atoms with van der Waals surface area (Å²) in [6.45, 7) is 4.05. The van der Waals surface area contributed by atoms with Crippen molar-refractivity contribution in [2.75, 3.05) is 25.5 Å². The summed E-state index contributed by atoms with van der Waals surface area (Å²) in [6.07, 6.45) is -4.38. The number of rotatable bonds is 4. The van der Waals surface area contributed by atoms with E-state index in [9.17, 15) is 18.0 Å². The molecule has 0 fully saturated rings. The van der Waals surface area contributed by atoms with Gasteiger partial charge in [-0.2, -0.15) is 13.2 Å². The van der Waals surface area contributed by atoms with Gasteiger partial charge < -0.3 is 10.2 Å². The number of nitrogens with one attached hydrogen (secondary N) is 1. The Bertz CT molecular complexity index is 458. The molecule has 6 heteroatoms. The highest BCUT2D eigenvalue weighted by Gasteiger charge is 2.30. The summed E-state index contributed by atoms with van der Waals surface area (Å²) < 4.78 is 37.7. The first-order valence-electron chi connectivity index (χ1n) is 5.91. The fourth-order valence-electron chi connectivity index (χ4n) is 1.47. The zero-order valence-electron chi connectivity index (χ0n) is 11.1. The van der Waals surface area contributed by atoms with E-state index in [1.54, 1.807) is 14.0 Å². The van der Waals surface area contributed by atoms with Crippen molar-refractivity contribution in [2.45, 2.75) is 20.0 Å². The van der Waals surface area contributed by atoms with Crippen LogP contribution in [0.1, 0.15) is 18.1 Å². The Morgan fingerprint density at radius 3 is 2.53 bits per heavy atom. The maximum atomic E-state index is 12.6. The Hall–Kier alpha value is -1.72. The molecule has 19 heavy (non-hydrogen) atoms. The summed E-state index contributed by atoms with van der Waals surface area (Å²) in [4.78, 5) is 13.1. The lowest BCUT2D eigenvalue weighted by molar-refractivity contribution is -0.137. The van der Waals surface area contributed by atoms with E-state index in [1.165, 1.54) is 11.0 Å². The van der Waals surface area contributed by atoms with Crippen LogP contribution in [0.3, 0.4) is 0 Å².